The molecule has 1 N–H and O–H groups in total. The van der Waals surface area contributed by atoms with Gasteiger partial charge in [0.1, 0.15) is 4.21 Å². The molecule has 6 nitrogen and oxygen atoms in total. The number of anilines is 1. The molecule has 0 radical (unpaired) electrons. The summed E-state index contributed by atoms with van der Waals surface area (Å²) >= 11 is 1.14. The highest BCUT2D eigenvalue weighted by molar-refractivity contribution is 7.93. The molecule has 1 fully saturated rings. The van der Waals surface area contributed by atoms with Gasteiger partial charge in [0.25, 0.3) is 0 Å². The lowest BCUT2D eigenvalue weighted by Gasteiger charge is -2.35. The Morgan fingerprint density at radius 1 is 1.28 bits per heavy atom. The quantitative estimate of drug-likeness (QED) is 0.801. The fourth-order valence-corrected chi connectivity index (χ4v) is 7.13. The molecule has 0 unspecified atom stereocenters. The molecule has 2 atom stereocenters. The minimum absolute atomic E-state index is 0.0399. The van der Waals surface area contributed by atoms with E-state index in [1.54, 1.807) is 35.5 Å². The highest BCUT2D eigenvalue weighted by Gasteiger charge is 2.37. The number of benzene rings is 1. The maximum atomic E-state index is 13.3. The smallest absolute Gasteiger partial charge is 0.227 e. The van der Waals surface area contributed by atoms with Crippen LogP contribution in [0.2, 0.25) is 0 Å². The number of amides is 1. The minimum atomic E-state index is -3.71. The van der Waals surface area contributed by atoms with Crippen molar-refractivity contribution in [3.8, 4) is 0 Å². The van der Waals surface area contributed by atoms with Gasteiger partial charge in [-0.2, -0.15) is 0 Å². The number of carbonyl (C=O) groups is 1. The molecule has 0 aliphatic carbocycles. The van der Waals surface area contributed by atoms with Gasteiger partial charge in [-0.1, -0.05) is 0 Å². The number of thiophene rings is 1. The van der Waals surface area contributed by atoms with Gasteiger partial charge in [0, 0.05) is 32.0 Å². The monoisotopic (exact) mass is 435 g/mol. The van der Waals surface area contributed by atoms with Crippen LogP contribution >= 0.6 is 11.3 Å². The Balaban J connectivity index is 1.71. The molecule has 3 heterocycles. The first-order valence-corrected chi connectivity index (χ1v) is 12.1. The summed E-state index contributed by atoms with van der Waals surface area (Å²) in [5.74, 6) is 0.0399. The van der Waals surface area contributed by atoms with Crippen molar-refractivity contribution in [2.24, 2.45) is 0 Å². The molecule has 1 saturated heterocycles. The van der Waals surface area contributed by atoms with Crippen molar-refractivity contribution in [3.05, 3.63) is 40.3 Å². The zero-order valence-electron chi connectivity index (χ0n) is 16.8. The van der Waals surface area contributed by atoms with Crippen molar-refractivity contribution >= 4 is 32.8 Å². The zero-order chi connectivity index (χ0) is 21.0. The second-order valence-corrected chi connectivity index (χ2v) is 11.1. The molecule has 2 aliphatic rings. The molecule has 2 aromatic rings. The molecule has 29 heavy (non-hydrogen) atoms. The summed E-state index contributed by atoms with van der Waals surface area (Å²) in [6, 6.07) is 4.92. The average Bonchev–Trinajstić information content (AvgIpc) is 3.16. The highest BCUT2D eigenvalue weighted by Crippen LogP contribution is 2.40. The third kappa shape index (κ3) is 3.52. The second kappa shape index (κ2) is 7.19. The van der Waals surface area contributed by atoms with Crippen molar-refractivity contribution < 1.29 is 23.1 Å². The maximum absolute atomic E-state index is 13.3. The number of aliphatic hydroxyl groups is 1. The second-order valence-electron chi connectivity index (χ2n) is 8.03. The van der Waals surface area contributed by atoms with Crippen LogP contribution in [0.15, 0.2) is 32.7 Å². The molecule has 0 spiro atoms. The molecule has 1 amide bonds. The van der Waals surface area contributed by atoms with Crippen molar-refractivity contribution in [2.45, 2.75) is 60.3 Å². The lowest BCUT2D eigenvalue weighted by molar-refractivity contribution is -0.118. The van der Waals surface area contributed by atoms with Gasteiger partial charge in [0.2, 0.25) is 15.7 Å². The van der Waals surface area contributed by atoms with Gasteiger partial charge in [-0.05, 0) is 60.5 Å². The van der Waals surface area contributed by atoms with E-state index in [2.05, 4.69) is 0 Å². The molecular formula is C21H25NO5S2. The van der Waals surface area contributed by atoms with Gasteiger partial charge < -0.3 is 14.7 Å². The van der Waals surface area contributed by atoms with Crippen LogP contribution in [-0.2, 0) is 31.4 Å². The SMILES string of the molecule is Cc1cc(S(=O)(=O)c2cc([C@@]3(O)CCO[C@@H](C)C3)cs2)cc2c1N(C)C(=O)CC2. The summed E-state index contributed by atoms with van der Waals surface area (Å²) in [5.41, 5.74) is 2.02. The molecule has 0 saturated carbocycles. The Hall–Kier alpha value is -1.74. The van der Waals surface area contributed by atoms with Crippen LogP contribution in [0.4, 0.5) is 5.69 Å². The van der Waals surface area contributed by atoms with Crippen molar-refractivity contribution in [1.29, 1.82) is 0 Å². The van der Waals surface area contributed by atoms with Crippen LogP contribution in [0, 0.1) is 6.92 Å². The number of ether oxygens (including phenoxy) is 1. The first-order valence-electron chi connectivity index (χ1n) is 9.70. The lowest BCUT2D eigenvalue weighted by Crippen LogP contribution is -2.37. The van der Waals surface area contributed by atoms with Crippen LogP contribution in [0.3, 0.4) is 0 Å². The minimum Gasteiger partial charge on any atom is -0.385 e. The molecule has 0 bridgehead atoms. The number of sulfone groups is 1. The van der Waals surface area contributed by atoms with Crippen LogP contribution in [-0.4, -0.2) is 39.2 Å². The Kier molecular flexibility index (Phi) is 5.09. The fourth-order valence-electron chi connectivity index (χ4n) is 4.32. The van der Waals surface area contributed by atoms with Gasteiger partial charge in [-0.25, -0.2) is 8.42 Å². The van der Waals surface area contributed by atoms with Gasteiger partial charge in [-0.3, -0.25) is 4.79 Å². The van der Waals surface area contributed by atoms with Crippen molar-refractivity contribution in [2.75, 3.05) is 18.6 Å². The number of hydrogen-bond donors (Lipinski definition) is 1. The summed E-state index contributed by atoms with van der Waals surface area (Å²) < 4.78 is 32.4. The lowest BCUT2D eigenvalue weighted by atomic mass is 9.86. The van der Waals surface area contributed by atoms with E-state index in [0.29, 0.717) is 37.9 Å². The van der Waals surface area contributed by atoms with E-state index in [0.717, 1.165) is 28.2 Å². The Morgan fingerprint density at radius 3 is 2.76 bits per heavy atom. The van der Waals surface area contributed by atoms with E-state index >= 15 is 0 Å². The van der Waals surface area contributed by atoms with Gasteiger partial charge in [0.15, 0.2) is 0 Å². The van der Waals surface area contributed by atoms with Gasteiger partial charge in [0.05, 0.1) is 23.2 Å². The number of rotatable bonds is 3. The highest BCUT2D eigenvalue weighted by atomic mass is 32.2. The molecule has 1 aromatic heterocycles. The molecular weight excluding hydrogens is 410 g/mol. The maximum Gasteiger partial charge on any atom is 0.227 e. The largest absolute Gasteiger partial charge is 0.385 e. The molecule has 2 aliphatic heterocycles. The standard InChI is InChI=1S/C21H25NO5S2/c1-13-8-17(9-15-4-5-18(23)22(3)20(13)15)29(25,26)19-10-16(12-28-19)21(24)6-7-27-14(2)11-21/h8-10,12,14,24H,4-7,11H2,1-3H3/t14-,21+/m0/s1. The summed E-state index contributed by atoms with van der Waals surface area (Å²) in [4.78, 5) is 13.8. The first kappa shape index (κ1) is 20.5. The Bertz CT molecular complexity index is 1070. The molecule has 8 heteroatoms. The van der Waals surface area contributed by atoms with Crippen LogP contribution < -0.4 is 4.90 Å². The third-order valence-electron chi connectivity index (χ3n) is 5.90. The van der Waals surface area contributed by atoms with E-state index in [4.69, 9.17) is 4.74 Å². The number of aryl methyl sites for hydroxylation is 2. The normalized spacial score (nSPS) is 25.2. The number of fused-ring (bicyclic) bond motifs is 1. The fraction of sp³-hybridized carbons (Fsp3) is 0.476. The predicted molar refractivity (Wildman–Crippen MR) is 111 cm³/mol. The van der Waals surface area contributed by atoms with E-state index in [9.17, 15) is 18.3 Å². The number of hydrogen-bond acceptors (Lipinski definition) is 6. The average molecular weight is 436 g/mol. The van der Waals surface area contributed by atoms with Crippen LogP contribution in [0.1, 0.15) is 42.9 Å². The van der Waals surface area contributed by atoms with Crippen LogP contribution in [0.5, 0.6) is 0 Å². The molecule has 4 rings (SSSR count). The van der Waals surface area contributed by atoms with Gasteiger partial charge in [-0.15, -0.1) is 11.3 Å². The van der Waals surface area contributed by atoms with E-state index in [1.165, 1.54) is 0 Å². The first-order chi connectivity index (χ1) is 13.6. The van der Waals surface area contributed by atoms with Crippen LogP contribution in [0.25, 0.3) is 0 Å². The van der Waals surface area contributed by atoms with E-state index in [-0.39, 0.29) is 21.1 Å². The number of carbonyl (C=O) groups excluding carboxylic acids is 1. The Morgan fingerprint density at radius 2 is 2.03 bits per heavy atom. The third-order valence-corrected chi connectivity index (χ3v) is 9.07. The molecule has 156 valence electrons. The zero-order valence-corrected chi connectivity index (χ0v) is 18.4. The van der Waals surface area contributed by atoms with Crippen molar-refractivity contribution in [3.63, 3.8) is 0 Å². The summed E-state index contributed by atoms with van der Waals surface area (Å²) in [6.07, 6.45) is 1.74. The topological polar surface area (TPSA) is 83.9 Å². The van der Waals surface area contributed by atoms with E-state index < -0.39 is 15.4 Å². The Labute approximate surface area is 175 Å². The van der Waals surface area contributed by atoms with Gasteiger partial charge >= 0.3 is 0 Å². The number of nitrogens with zero attached hydrogens (tertiary/aromatic N) is 1. The molecule has 1 aromatic carbocycles. The predicted octanol–water partition coefficient (Wildman–Crippen LogP) is 3.18. The summed E-state index contributed by atoms with van der Waals surface area (Å²) in [6.45, 7) is 4.19. The summed E-state index contributed by atoms with van der Waals surface area (Å²) in [5, 5.41) is 12.8. The van der Waals surface area contributed by atoms with Crippen molar-refractivity contribution in [1.82, 2.24) is 0 Å². The summed E-state index contributed by atoms with van der Waals surface area (Å²) in [7, 11) is -1.99. The van der Waals surface area contributed by atoms with E-state index in [1.807, 2.05) is 13.8 Å².